The zero-order valence-corrected chi connectivity index (χ0v) is 32.7. The number of nitrogens with one attached hydrogen (secondary N) is 1. The van der Waals surface area contributed by atoms with Crippen LogP contribution in [0, 0.1) is 10.1 Å². The number of carbonyl (C=O) groups excluding carboxylic acids is 1. The molecule has 1 fully saturated rings. The second-order valence-corrected chi connectivity index (χ2v) is 14.1. The zero-order valence-electron chi connectivity index (χ0n) is 31.8. The molecule has 0 aliphatic carbocycles. The molecule has 1 aliphatic heterocycles. The number of nitrogens with zero attached hydrogens (tertiary/aromatic N) is 3. The number of nitro benzene ring substituents is 1. The van der Waals surface area contributed by atoms with Crippen LogP contribution in [0.2, 0.25) is 0 Å². The lowest BCUT2D eigenvalue weighted by molar-refractivity contribution is -0.384. The average Bonchev–Trinajstić information content (AvgIpc) is 3.66. The van der Waals surface area contributed by atoms with Gasteiger partial charge in [0.2, 0.25) is 0 Å². The number of amides is 1. The summed E-state index contributed by atoms with van der Waals surface area (Å²) in [5, 5.41) is 13.8. The summed E-state index contributed by atoms with van der Waals surface area (Å²) in [6.07, 6.45) is -1.42. The van der Waals surface area contributed by atoms with Crippen LogP contribution in [-0.4, -0.2) is 53.4 Å². The van der Waals surface area contributed by atoms with Gasteiger partial charge in [-0.2, -0.15) is 4.98 Å². The summed E-state index contributed by atoms with van der Waals surface area (Å²) in [4.78, 5) is 40.9. The molecule has 1 unspecified atom stereocenters. The summed E-state index contributed by atoms with van der Waals surface area (Å²) >= 11 is 0. The molecule has 1 aliphatic rings. The van der Waals surface area contributed by atoms with Crippen LogP contribution in [0.5, 0.6) is 17.2 Å². The van der Waals surface area contributed by atoms with E-state index in [0.717, 1.165) is 16.7 Å². The Morgan fingerprint density at radius 2 is 1.39 bits per heavy atom. The molecular formula is C43H38N4O11P+. The summed E-state index contributed by atoms with van der Waals surface area (Å²) in [5.41, 5.74) is 0.539. The fourth-order valence-electron chi connectivity index (χ4n) is 6.74. The number of benzene rings is 5. The Hall–Kier alpha value is -6.77. The van der Waals surface area contributed by atoms with E-state index in [1.807, 2.05) is 78.9 Å². The van der Waals surface area contributed by atoms with Gasteiger partial charge >= 0.3 is 13.9 Å². The van der Waals surface area contributed by atoms with Crippen LogP contribution in [-0.2, 0) is 24.2 Å². The molecular weight excluding hydrogens is 779 g/mol. The number of ether oxygens (including phenoxy) is 4. The fourth-order valence-corrected chi connectivity index (χ4v) is 7.52. The van der Waals surface area contributed by atoms with Crippen molar-refractivity contribution in [2.75, 3.05) is 26.1 Å². The van der Waals surface area contributed by atoms with Gasteiger partial charge in [-0.3, -0.25) is 19.5 Å². The van der Waals surface area contributed by atoms with Crippen molar-refractivity contribution in [2.24, 2.45) is 0 Å². The minimum atomic E-state index is -2.87. The number of hydrogen-bond acceptors (Lipinski definition) is 12. The lowest BCUT2D eigenvalue weighted by Gasteiger charge is -2.37. The van der Waals surface area contributed by atoms with E-state index < -0.39 is 48.8 Å². The molecule has 7 rings (SSSR count). The summed E-state index contributed by atoms with van der Waals surface area (Å²) in [6.45, 7) is -0.151. The molecule has 5 aromatic carbocycles. The van der Waals surface area contributed by atoms with Gasteiger partial charge in [0.1, 0.15) is 41.4 Å². The van der Waals surface area contributed by atoms with Crippen molar-refractivity contribution < 1.29 is 42.3 Å². The first-order valence-electron chi connectivity index (χ1n) is 18.3. The summed E-state index contributed by atoms with van der Waals surface area (Å²) in [6, 6.07) is 39.6. The summed E-state index contributed by atoms with van der Waals surface area (Å²) < 4.78 is 50.7. The molecule has 1 N–H and O–H groups in total. The maximum Gasteiger partial charge on any atom is 0.750 e. The molecule has 15 nitrogen and oxygen atoms in total. The van der Waals surface area contributed by atoms with E-state index in [9.17, 15) is 24.3 Å². The van der Waals surface area contributed by atoms with Gasteiger partial charge in [-0.1, -0.05) is 72.8 Å². The third kappa shape index (κ3) is 9.19. The lowest BCUT2D eigenvalue weighted by atomic mass is 9.80. The predicted molar refractivity (Wildman–Crippen MR) is 216 cm³/mol. The third-order valence-corrected chi connectivity index (χ3v) is 10.5. The second-order valence-electron chi connectivity index (χ2n) is 13.2. The van der Waals surface area contributed by atoms with Crippen molar-refractivity contribution >= 4 is 25.7 Å². The van der Waals surface area contributed by atoms with Crippen molar-refractivity contribution in [3.05, 3.63) is 189 Å². The van der Waals surface area contributed by atoms with Crippen molar-refractivity contribution in [3.63, 3.8) is 0 Å². The highest BCUT2D eigenvalue weighted by Gasteiger charge is 2.47. The van der Waals surface area contributed by atoms with Crippen LogP contribution in [0.1, 0.15) is 39.7 Å². The molecule has 6 aromatic rings. The highest BCUT2D eigenvalue weighted by atomic mass is 31.1. The molecule has 0 spiro atoms. The average molecular weight is 818 g/mol. The van der Waals surface area contributed by atoms with E-state index in [1.165, 1.54) is 41.1 Å². The fraction of sp³-hybridized carbons (Fsp3) is 0.186. The van der Waals surface area contributed by atoms with E-state index >= 15 is 0 Å². The Bertz CT molecular complexity index is 2400. The molecule has 2 heterocycles. The molecule has 1 saturated heterocycles. The van der Waals surface area contributed by atoms with E-state index in [0.29, 0.717) is 17.1 Å². The first-order chi connectivity index (χ1) is 28.7. The number of hydrogen-bond donors (Lipinski definition) is 1. The number of carbonyl (C=O) groups is 1. The van der Waals surface area contributed by atoms with Gasteiger partial charge in [-0.05, 0) is 71.3 Å². The Balaban J connectivity index is 1.21. The number of aromatic nitrogens is 2. The van der Waals surface area contributed by atoms with Gasteiger partial charge in [-0.15, -0.1) is 4.52 Å². The topological polar surface area (TPSA) is 180 Å². The highest BCUT2D eigenvalue weighted by molar-refractivity contribution is 7.33. The third-order valence-electron chi connectivity index (χ3n) is 9.68. The van der Waals surface area contributed by atoms with Crippen LogP contribution in [0.4, 0.5) is 11.5 Å². The number of methoxy groups -OCH3 is 2. The molecule has 1 amide bonds. The highest BCUT2D eigenvalue weighted by Crippen LogP contribution is 2.44. The molecule has 4 atom stereocenters. The van der Waals surface area contributed by atoms with E-state index in [-0.39, 0.29) is 30.3 Å². The molecule has 0 radical (unpaired) electrons. The van der Waals surface area contributed by atoms with Crippen molar-refractivity contribution in [2.45, 2.75) is 30.5 Å². The molecule has 59 heavy (non-hydrogen) atoms. The number of anilines is 1. The van der Waals surface area contributed by atoms with Crippen LogP contribution in [0.3, 0.4) is 0 Å². The smallest absolute Gasteiger partial charge is 0.497 e. The first-order valence-corrected chi connectivity index (χ1v) is 19.4. The second kappa shape index (κ2) is 18.2. The SMILES string of the molecule is COc1ccc(C(OC[C@H]2O[C@@H](n3ccc(NC(=O)c4ccccc4)nc3=O)C[C@@H]2O[P+](=O)Oc2ccc([N+](=O)[O-])cc2)(c2ccccc2)c2ccc(OC)cc2)cc1. The quantitative estimate of drug-likeness (QED) is 0.0434. The van der Waals surface area contributed by atoms with Gasteiger partial charge < -0.3 is 24.3 Å². The molecule has 300 valence electrons. The molecule has 0 bridgehead atoms. The number of nitro groups is 1. The van der Waals surface area contributed by atoms with Gasteiger partial charge in [-0.25, -0.2) is 9.32 Å². The van der Waals surface area contributed by atoms with Crippen molar-refractivity contribution in [3.8, 4) is 17.2 Å². The van der Waals surface area contributed by atoms with E-state index in [4.69, 9.17) is 28.0 Å². The monoisotopic (exact) mass is 817 g/mol. The van der Waals surface area contributed by atoms with Crippen molar-refractivity contribution in [1.29, 1.82) is 0 Å². The number of non-ortho nitro benzene ring substituents is 1. The predicted octanol–water partition coefficient (Wildman–Crippen LogP) is 7.84. The normalized spacial score (nSPS) is 16.5. The zero-order chi connectivity index (χ0) is 41.4. The molecule has 1 aromatic heterocycles. The lowest BCUT2D eigenvalue weighted by Crippen LogP contribution is -2.38. The van der Waals surface area contributed by atoms with Gasteiger partial charge in [0.15, 0.2) is 5.75 Å². The maximum atomic E-state index is 13.5. The van der Waals surface area contributed by atoms with Gasteiger partial charge in [0.05, 0.1) is 25.7 Å². The Labute approximate surface area is 339 Å². The Morgan fingerprint density at radius 3 is 1.95 bits per heavy atom. The van der Waals surface area contributed by atoms with Crippen molar-refractivity contribution in [1.82, 2.24) is 9.55 Å². The van der Waals surface area contributed by atoms with E-state index in [1.54, 1.807) is 44.6 Å². The van der Waals surface area contributed by atoms with Gasteiger partial charge in [0, 0.05) is 34.9 Å². The minimum Gasteiger partial charge on any atom is -0.497 e. The first kappa shape index (κ1) is 40.4. The minimum absolute atomic E-state index is 0.0133. The Kier molecular flexibility index (Phi) is 12.5. The maximum absolute atomic E-state index is 13.5. The molecule has 16 heteroatoms. The summed E-state index contributed by atoms with van der Waals surface area (Å²) in [5.74, 6) is 0.961. The van der Waals surface area contributed by atoms with Crippen LogP contribution >= 0.6 is 8.25 Å². The largest absolute Gasteiger partial charge is 0.750 e. The standard InChI is InChI=1S/C43H37N4O11P/c1-53-34-19-13-31(14-20-34)43(30-11-7-4-8-12-30,32-15-21-35(54-2)22-16-32)55-28-38-37(58-59(52)57-36-23-17-33(18-24-36)47(50)51)27-40(56-38)46-26-25-39(45-42(46)49)44-41(48)29-9-5-3-6-10-29/h3-26,37-38,40H,27-28H2,1-2H3/p+1/t37-,38+,40+/m0/s1. The van der Waals surface area contributed by atoms with Crippen LogP contribution < -0.4 is 25.0 Å². The summed E-state index contributed by atoms with van der Waals surface area (Å²) in [7, 11) is 0.296. The van der Waals surface area contributed by atoms with Crippen LogP contribution in [0.25, 0.3) is 0 Å². The molecule has 0 saturated carbocycles. The van der Waals surface area contributed by atoms with Gasteiger partial charge in [0.25, 0.3) is 11.6 Å². The Morgan fingerprint density at radius 1 is 0.831 bits per heavy atom. The van der Waals surface area contributed by atoms with E-state index in [2.05, 4.69) is 10.3 Å². The van der Waals surface area contributed by atoms with Crippen LogP contribution in [0.15, 0.2) is 151 Å². The number of rotatable bonds is 16.